The number of amides is 1. The van der Waals surface area contributed by atoms with Gasteiger partial charge >= 0.3 is 12.1 Å². The molecule has 6 heteroatoms. The fourth-order valence-electron chi connectivity index (χ4n) is 1.41. The highest BCUT2D eigenvalue weighted by molar-refractivity contribution is 5.93. The molecule has 1 rings (SSSR count). The average molecular weight is 269 g/mol. The molecule has 0 bridgehead atoms. The summed E-state index contributed by atoms with van der Waals surface area (Å²) in [6, 6.07) is 2.12. The number of anilines is 1. The van der Waals surface area contributed by atoms with Gasteiger partial charge in [-0.25, -0.2) is 14.0 Å². The fourth-order valence-corrected chi connectivity index (χ4v) is 1.41. The van der Waals surface area contributed by atoms with Crippen LogP contribution in [-0.4, -0.2) is 22.8 Å². The molecule has 0 aliphatic heterocycles. The van der Waals surface area contributed by atoms with Crippen molar-refractivity contribution >= 4 is 17.7 Å². The average Bonchev–Trinajstić information content (AvgIpc) is 2.18. The predicted octanol–water partition coefficient (Wildman–Crippen LogP) is 3.18. The number of nitrogens with one attached hydrogen (secondary N) is 1. The molecule has 0 atom stereocenters. The van der Waals surface area contributed by atoms with E-state index in [0.717, 1.165) is 12.1 Å². The molecule has 0 fully saturated rings. The van der Waals surface area contributed by atoms with Gasteiger partial charge in [-0.2, -0.15) is 0 Å². The van der Waals surface area contributed by atoms with Crippen LogP contribution in [0.2, 0.25) is 0 Å². The molecule has 1 aromatic carbocycles. The third kappa shape index (κ3) is 4.24. The number of carbonyl (C=O) groups is 2. The van der Waals surface area contributed by atoms with Gasteiger partial charge in [0.05, 0.1) is 11.3 Å². The topological polar surface area (TPSA) is 75.6 Å². The lowest BCUT2D eigenvalue weighted by Crippen LogP contribution is -2.27. The molecule has 0 unspecified atom stereocenters. The predicted molar refractivity (Wildman–Crippen MR) is 68.0 cm³/mol. The molecule has 1 amide bonds. The maximum atomic E-state index is 13.6. The Labute approximate surface area is 110 Å². The maximum absolute atomic E-state index is 13.6. The molecule has 0 spiro atoms. The minimum atomic E-state index is -1.19. The normalized spacial score (nSPS) is 11.0. The Bertz CT molecular complexity index is 520. The van der Waals surface area contributed by atoms with Crippen LogP contribution >= 0.6 is 0 Å². The summed E-state index contributed by atoms with van der Waals surface area (Å²) in [7, 11) is 0. The van der Waals surface area contributed by atoms with E-state index in [-0.39, 0.29) is 16.8 Å². The molecule has 104 valence electrons. The molecule has 5 nitrogen and oxygen atoms in total. The number of aryl methyl sites for hydroxylation is 1. The van der Waals surface area contributed by atoms with Crippen molar-refractivity contribution in [2.45, 2.75) is 33.3 Å². The zero-order valence-corrected chi connectivity index (χ0v) is 11.2. The molecule has 0 radical (unpaired) electrons. The second kappa shape index (κ2) is 5.26. The van der Waals surface area contributed by atoms with E-state index in [1.807, 2.05) is 0 Å². The van der Waals surface area contributed by atoms with Crippen molar-refractivity contribution < 1.29 is 23.8 Å². The first-order valence-corrected chi connectivity index (χ1v) is 5.63. The van der Waals surface area contributed by atoms with Gasteiger partial charge in [-0.15, -0.1) is 0 Å². The lowest BCUT2D eigenvalue weighted by Gasteiger charge is -2.20. The molecule has 0 saturated heterocycles. The number of aromatic carboxylic acids is 1. The first-order chi connectivity index (χ1) is 8.60. The van der Waals surface area contributed by atoms with E-state index in [2.05, 4.69) is 5.32 Å². The fraction of sp³-hybridized carbons (Fsp3) is 0.385. The Hall–Kier alpha value is -2.11. The van der Waals surface area contributed by atoms with E-state index in [9.17, 15) is 14.0 Å². The summed E-state index contributed by atoms with van der Waals surface area (Å²) in [4.78, 5) is 22.4. The number of rotatable bonds is 2. The highest BCUT2D eigenvalue weighted by Gasteiger charge is 2.19. The summed E-state index contributed by atoms with van der Waals surface area (Å²) in [5, 5.41) is 11.1. The van der Waals surface area contributed by atoms with Crippen molar-refractivity contribution in [2.24, 2.45) is 0 Å². The van der Waals surface area contributed by atoms with Crippen LogP contribution in [-0.2, 0) is 4.74 Å². The van der Waals surface area contributed by atoms with Crippen LogP contribution < -0.4 is 5.32 Å². The molecular formula is C13H16FNO4. The second-order valence-electron chi connectivity index (χ2n) is 5.08. The van der Waals surface area contributed by atoms with Gasteiger partial charge in [0.2, 0.25) is 0 Å². The summed E-state index contributed by atoms with van der Waals surface area (Å²) >= 11 is 0. The number of carboxylic acid groups (broad SMARTS) is 1. The third-order valence-corrected chi connectivity index (χ3v) is 2.18. The van der Waals surface area contributed by atoms with Crippen LogP contribution in [0.5, 0.6) is 0 Å². The molecule has 0 aliphatic carbocycles. The summed E-state index contributed by atoms with van der Waals surface area (Å²) in [6.45, 7) is 6.48. The lowest BCUT2D eigenvalue weighted by molar-refractivity contribution is 0.0632. The quantitative estimate of drug-likeness (QED) is 0.864. The molecule has 0 aliphatic rings. The number of carbonyl (C=O) groups excluding carboxylic acids is 1. The molecule has 2 N–H and O–H groups in total. The summed E-state index contributed by atoms with van der Waals surface area (Å²) < 4.78 is 18.6. The van der Waals surface area contributed by atoms with Crippen molar-refractivity contribution in [3.05, 3.63) is 29.1 Å². The second-order valence-corrected chi connectivity index (χ2v) is 5.08. The summed E-state index contributed by atoms with van der Waals surface area (Å²) in [5.74, 6) is -1.90. The Morgan fingerprint density at radius 2 is 1.89 bits per heavy atom. The first-order valence-electron chi connectivity index (χ1n) is 5.63. The van der Waals surface area contributed by atoms with Crippen LogP contribution in [0.3, 0.4) is 0 Å². The SMILES string of the molecule is Cc1cc(F)c(NC(=O)OC(C)(C)C)cc1C(=O)O. The van der Waals surface area contributed by atoms with Crippen LogP contribution in [0, 0.1) is 12.7 Å². The van der Waals surface area contributed by atoms with Crippen molar-refractivity contribution in [1.82, 2.24) is 0 Å². The zero-order valence-electron chi connectivity index (χ0n) is 11.2. The van der Waals surface area contributed by atoms with Crippen LogP contribution in [0.25, 0.3) is 0 Å². The van der Waals surface area contributed by atoms with E-state index in [4.69, 9.17) is 9.84 Å². The lowest BCUT2D eigenvalue weighted by atomic mass is 10.1. The largest absolute Gasteiger partial charge is 0.478 e. The highest BCUT2D eigenvalue weighted by atomic mass is 19.1. The standard InChI is InChI=1S/C13H16FNO4/c1-7-5-9(14)10(6-8(7)11(16)17)15-12(18)19-13(2,3)4/h5-6H,1-4H3,(H,15,18)(H,16,17). The van der Waals surface area contributed by atoms with Gasteiger partial charge in [-0.05, 0) is 45.4 Å². The molecule has 1 aromatic rings. The van der Waals surface area contributed by atoms with Crippen molar-refractivity contribution in [3.8, 4) is 0 Å². The number of carboxylic acids is 1. The van der Waals surface area contributed by atoms with E-state index in [1.54, 1.807) is 20.8 Å². The Kier molecular flexibility index (Phi) is 4.14. The molecule has 0 saturated carbocycles. The van der Waals surface area contributed by atoms with Gasteiger partial charge in [0, 0.05) is 0 Å². The van der Waals surface area contributed by atoms with Gasteiger partial charge in [-0.3, -0.25) is 5.32 Å². The van der Waals surface area contributed by atoms with E-state index in [1.165, 1.54) is 6.92 Å². The van der Waals surface area contributed by atoms with E-state index >= 15 is 0 Å². The van der Waals surface area contributed by atoms with Gasteiger partial charge in [0.25, 0.3) is 0 Å². The number of benzene rings is 1. The van der Waals surface area contributed by atoms with E-state index in [0.29, 0.717) is 0 Å². The Morgan fingerprint density at radius 3 is 2.37 bits per heavy atom. The molecule has 0 aromatic heterocycles. The minimum absolute atomic E-state index is 0.0764. The molecule has 19 heavy (non-hydrogen) atoms. The first kappa shape index (κ1) is 14.9. The monoisotopic (exact) mass is 269 g/mol. The van der Waals surface area contributed by atoms with Gasteiger partial charge in [-0.1, -0.05) is 0 Å². The van der Waals surface area contributed by atoms with Gasteiger partial charge < -0.3 is 9.84 Å². The summed E-state index contributed by atoms with van der Waals surface area (Å²) in [5.41, 5.74) is -0.745. The smallest absolute Gasteiger partial charge is 0.412 e. The zero-order chi connectivity index (χ0) is 14.8. The number of hydrogen-bond acceptors (Lipinski definition) is 3. The van der Waals surface area contributed by atoms with Gasteiger partial charge in [0.1, 0.15) is 11.4 Å². The van der Waals surface area contributed by atoms with Crippen LogP contribution in [0.1, 0.15) is 36.7 Å². The van der Waals surface area contributed by atoms with Crippen molar-refractivity contribution in [3.63, 3.8) is 0 Å². The van der Waals surface area contributed by atoms with E-state index < -0.39 is 23.5 Å². The van der Waals surface area contributed by atoms with Crippen LogP contribution in [0.4, 0.5) is 14.9 Å². The highest BCUT2D eigenvalue weighted by Crippen LogP contribution is 2.21. The minimum Gasteiger partial charge on any atom is -0.478 e. The van der Waals surface area contributed by atoms with Crippen molar-refractivity contribution in [1.29, 1.82) is 0 Å². The Morgan fingerprint density at radius 1 is 1.32 bits per heavy atom. The van der Waals surface area contributed by atoms with Crippen molar-refractivity contribution in [2.75, 3.05) is 5.32 Å². The molecular weight excluding hydrogens is 253 g/mol. The Balaban J connectivity index is 2.99. The maximum Gasteiger partial charge on any atom is 0.412 e. The summed E-state index contributed by atoms with van der Waals surface area (Å²) in [6.07, 6.45) is -0.841. The number of hydrogen-bond donors (Lipinski definition) is 2. The van der Waals surface area contributed by atoms with Gasteiger partial charge in [0.15, 0.2) is 0 Å². The third-order valence-electron chi connectivity index (χ3n) is 2.18. The number of ether oxygens (including phenoxy) is 1. The number of halogens is 1. The molecule has 0 heterocycles. The van der Waals surface area contributed by atoms with Crippen LogP contribution in [0.15, 0.2) is 12.1 Å².